The number of hydrogen-bond donors (Lipinski definition) is 1. The molecule has 1 aromatic carbocycles. The Balaban J connectivity index is 1.33. The van der Waals surface area contributed by atoms with E-state index in [2.05, 4.69) is 5.32 Å². The van der Waals surface area contributed by atoms with Gasteiger partial charge in [0.2, 0.25) is 21.8 Å². The predicted molar refractivity (Wildman–Crippen MR) is 118 cm³/mol. The molecule has 2 heterocycles. The molecule has 31 heavy (non-hydrogen) atoms. The van der Waals surface area contributed by atoms with Crippen LogP contribution < -0.4 is 5.32 Å². The average molecular weight is 448 g/mol. The minimum atomic E-state index is -3.68. The Morgan fingerprint density at radius 1 is 0.839 bits per heavy atom. The molecule has 3 fully saturated rings. The number of likely N-dealkylation sites (tertiary alicyclic amines) is 1. The molecule has 2 aliphatic heterocycles. The van der Waals surface area contributed by atoms with E-state index >= 15 is 0 Å². The molecule has 2 saturated heterocycles. The van der Waals surface area contributed by atoms with Gasteiger partial charge in [-0.1, -0.05) is 37.5 Å². The van der Waals surface area contributed by atoms with Crippen molar-refractivity contribution in [2.24, 2.45) is 5.92 Å². The summed E-state index contributed by atoms with van der Waals surface area (Å²) in [6, 6.07) is 7.82. The predicted octanol–water partition coefficient (Wildman–Crippen LogP) is 2.53. The lowest BCUT2D eigenvalue weighted by molar-refractivity contribution is -0.136. The maximum Gasteiger partial charge on any atom is 0.243 e. The topological polar surface area (TPSA) is 86.8 Å². The highest BCUT2D eigenvalue weighted by Gasteiger charge is 2.41. The van der Waals surface area contributed by atoms with Gasteiger partial charge >= 0.3 is 0 Å². The fourth-order valence-corrected chi connectivity index (χ4v) is 6.81. The summed E-state index contributed by atoms with van der Waals surface area (Å²) in [5, 5.41) is 3.19. The van der Waals surface area contributed by atoms with Crippen molar-refractivity contribution < 1.29 is 18.0 Å². The van der Waals surface area contributed by atoms with Crippen LogP contribution in [0.5, 0.6) is 0 Å². The summed E-state index contributed by atoms with van der Waals surface area (Å²) in [7, 11) is -3.68. The number of nitrogens with one attached hydrogen (secondary N) is 1. The van der Waals surface area contributed by atoms with E-state index < -0.39 is 16.1 Å². The summed E-state index contributed by atoms with van der Waals surface area (Å²) in [4.78, 5) is 27.7. The zero-order chi connectivity index (χ0) is 21.8. The summed E-state index contributed by atoms with van der Waals surface area (Å²) in [5.41, 5.74) is 0. The Bertz CT molecular complexity index is 875. The molecule has 7 nitrogen and oxygen atoms in total. The Kier molecular flexibility index (Phi) is 6.96. The largest absolute Gasteiger partial charge is 0.353 e. The first-order valence-corrected chi connectivity index (χ1v) is 13.1. The number of carbonyl (C=O) groups excluding carboxylic acids is 2. The van der Waals surface area contributed by atoms with Crippen molar-refractivity contribution in [1.82, 2.24) is 14.5 Å². The molecular formula is C23H33N3O4S. The normalized spacial score (nSPS) is 24.3. The van der Waals surface area contributed by atoms with Crippen molar-refractivity contribution >= 4 is 21.8 Å². The number of benzene rings is 1. The van der Waals surface area contributed by atoms with Gasteiger partial charge in [0, 0.05) is 31.6 Å². The maximum atomic E-state index is 13.2. The van der Waals surface area contributed by atoms with E-state index in [1.54, 1.807) is 35.2 Å². The number of piperidine rings is 1. The molecule has 0 spiro atoms. The van der Waals surface area contributed by atoms with Crippen LogP contribution in [0.2, 0.25) is 0 Å². The average Bonchev–Trinajstić information content (AvgIpc) is 3.31. The highest BCUT2D eigenvalue weighted by atomic mass is 32.2. The van der Waals surface area contributed by atoms with Gasteiger partial charge in [0.1, 0.15) is 6.04 Å². The number of amides is 2. The lowest BCUT2D eigenvalue weighted by Crippen LogP contribution is -2.52. The van der Waals surface area contributed by atoms with Crippen molar-refractivity contribution in [3.63, 3.8) is 0 Å². The van der Waals surface area contributed by atoms with Crippen molar-refractivity contribution in [2.75, 3.05) is 19.6 Å². The number of hydrogen-bond acceptors (Lipinski definition) is 4. The van der Waals surface area contributed by atoms with E-state index in [4.69, 9.17) is 0 Å². The van der Waals surface area contributed by atoms with E-state index in [9.17, 15) is 18.0 Å². The van der Waals surface area contributed by atoms with Crippen molar-refractivity contribution in [3.8, 4) is 0 Å². The highest BCUT2D eigenvalue weighted by Crippen LogP contribution is 2.28. The minimum Gasteiger partial charge on any atom is -0.353 e. The Labute approximate surface area is 185 Å². The second-order valence-corrected chi connectivity index (χ2v) is 10.9. The Morgan fingerprint density at radius 2 is 1.52 bits per heavy atom. The number of rotatable bonds is 5. The van der Waals surface area contributed by atoms with Crippen LogP contribution in [-0.4, -0.2) is 61.2 Å². The van der Waals surface area contributed by atoms with Crippen LogP contribution >= 0.6 is 0 Å². The summed E-state index contributed by atoms with van der Waals surface area (Å²) >= 11 is 0. The molecule has 2 amide bonds. The molecule has 1 unspecified atom stereocenters. The maximum absolute atomic E-state index is 13.2. The number of sulfonamides is 1. The second-order valence-electron chi connectivity index (χ2n) is 9.03. The molecule has 1 atom stereocenters. The van der Waals surface area contributed by atoms with Gasteiger partial charge in [0.05, 0.1) is 4.90 Å². The van der Waals surface area contributed by atoms with Gasteiger partial charge in [-0.3, -0.25) is 9.59 Å². The van der Waals surface area contributed by atoms with Crippen LogP contribution in [0.4, 0.5) is 0 Å². The van der Waals surface area contributed by atoms with Gasteiger partial charge in [-0.05, 0) is 50.7 Å². The van der Waals surface area contributed by atoms with Gasteiger partial charge in [-0.15, -0.1) is 0 Å². The molecule has 1 N–H and O–H groups in total. The fourth-order valence-electron chi connectivity index (χ4n) is 5.14. The molecule has 1 aliphatic carbocycles. The zero-order valence-electron chi connectivity index (χ0n) is 18.0. The molecular weight excluding hydrogens is 414 g/mol. The summed E-state index contributed by atoms with van der Waals surface area (Å²) in [6.07, 6.45) is 8.16. The first-order chi connectivity index (χ1) is 15.0. The van der Waals surface area contributed by atoms with Gasteiger partial charge < -0.3 is 10.2 Å². The van der Waals surface area contributed by atoms with Gasteiger partial charge in [0.25, 0.3) is 0 Å². The van der Waals surface area contributed by atoms with Crippen LogP contribution in [0.15, 0.2) is 35.2 Å². The fraction of sp³-hybridized carbons (Fsp3) is 0.652. The molecule has 1 saturated carbocycles. The van der Waals surface area contributed by atoms with Crippen molar-refractivity contribution in [3.05, 3.63) is 30.3 Å². The zero-order valence-corrected chi connectivity index (χ0v) is 18.9. The van der Waals surface area contributed by atoms with Gasteiger partial charge in [0.15, 0.2) is 0 Å². The van der Waals surface area contributed by atoms with Gasteiger partial charge in [-0.2, -0.15) is 4.31 Å². The van der Waals surface area contributed by atoms with E-state index in [1.807, 2.05) is 0 Å². The van der Waals surface area contributed by atoms with Gasteiger partial charge in [-0.25, -0.2) is 8.42 Å². The van der Waals surface area contributed by atoms with E-state index in [0.717, 1.165) is 38.5 Å². The third-order valence-electron chi connectivity index (χ3n) is 6.97. The van der Waals surface area contributed by atoms with Crippen LogP contribution in [0.1, 0.15) is 57.8 Å². The van der Waals surface area contributed by atoms with E-state index in [-0.39, 0.29) is 28.7 Å². The molecule has 170 valence electrons. The standard InChI is InChI=1S/C23H33N3O4S/c27-22(18-8-3-1-4-9-18)24-19-13-16-25(17-14-19)23(28)21-12-7-15-26(21)31(29,30)20-10-5-2-6-11-20/h2,5-6,10-11,18-19,21H,1,3-4,7-9,12-17H2,(H,24,27). The van der Waals surface area contributed by atoms with E-state index in [0.29, 0.717) is 32.5 Å². The molecule has 8 heteroatoms. The lowest BCUT2D eigenvalue weighted by atomic mass is 9.88. The van der Waals surface area contributed by atoms with Crippen LogP contribution in [-0.2, 0) is 19.6 Å². The first kappa shape index (κ1) is 22.3. The monoisotopic (exact) mass is 447 g/mol. The highest BCUT2D eigenvalue weighted by molar-refractivity contribution is 7.89. The van der Waals surface area contributed by atoms with Crippen LogP contribution in [0.25, 0.3) is 0 Å². The summed E-state index contributed by atoms with van der Waals surface area (Å²) in [6.45, 7) is 1.50. The van der Waals surface area contributed by atoms with E-state index in [1.165, 1.54) is 10.7 Å². The van der Waals surface area contributed by atoms with Crippen molar-refractivity contribution in [1.29, 1.82) is 0 Å². The Hall–Kier alpha value is -1.93. The molecule has 4 rings (SSSR count). The Morgan fingerprint density at radius 3 is 2.19 bits per heavy atom. The minimum absolute atomic E-state index is 0.103. The third-order valence-corrected chi connectivity index (χ3v) is 8.89. The van der Waals surface area contributed by atoms with Crippen LogP contribution in [0, 0.1) is 5.92 Å². The molecule has 0 radical (unpaired) electrons. The van der Waals surface area contributed by atoms with Crippen molar-refractivity contribution in [2.45, 2.75) is 74.8 Å². The summed E-state index contributed by atoms with van der Waals surface area (Å²) < 4.78 is 27.5. The second kappa shape index (κ2) is 9.69. The molecule has 0 bridgehead atoms. The number of nitrogens with zero attached hydrogens (tertiary/aromatic N) is 2. The first-order valence-electron chi connectivity index (χ1n) is 11.6. The smallest absolute Gasteiger partial charge is 0.243 e. The molecule has 1 aromatic rings. The number of carbonyl (C=O) groups is 2. The SMILES string of the molecule is O=C(NC1CCN(C(=O)C2CCCN2S(=O)(=O)c2ccccc2)CC1)C1CCCCC1. The lowest BCUT2D eigenvalue weighted by Gasteiger charge is -2.36. The molecule has 3 aliphatic rings. The van der Waals surface area contributed by atoms with Crippen LogP contribution in [0.3, 0.4) is 0 Å². The summed E-state index contributed by atoms with van der Waals surface area (Å²) in [5.74, 6) is 0.207. The molecule has 0 aromatic heterocycles. The quantitative estimate of drug-likeness (QED) is 0.751. The third kappa shape index (κ3) is 4.95.